The number of hydrogen-bond acceptors (Lipinski definition) is 3. The van der Waals surface area contributed by atoms with Crippen molar-refractivity contribution < 1.29 is 8.42 Å². The van der Waals surface area contributed by atoms with E-state index in [2.05, 4.69) is 9.71 Å². The lowest BCUT2D eigenvalue weighted by Gasteiger charge is -1.96. The van der Waals surface area contributed by atoms with Crippen molar-refractivity contribution in [2.45, 2.75) is 23.8 Å². The van der Waals surface area contributed by atoms with Gasteiger partial charge in [-0.05, 0) is 25.0 Å². The van der Waals surface area contributed by atoms with E-state index < -0.39 is 10.0 Å². The Morgan fingerprint density at radius 3 is 2.73 bits per heavy atom. The maximum atomic E-state index is 11.7. The Labute approximate surface area is 88.1 Å². The van der Waals surface area contributed by atoms with Gasteiger partial charge in [0.25, 0.3) is 10.0 Å². The van der Waals surface area contributed by atoms with Crippen LogP contribution in [0.3, 0.4) is 0 Å². The van der Waals surface area contributed by atoms with Crippen molar-refractivity contribution in [1.82, 2.24) is 4.72 Å². The van der Waals surface area contributed by atoms with E-state index in [9.17, 15) is 8.42 Å². The van der Waals surface area contributed by atoms with Gasteiger partial charge in [-0.2, -0.15) is 0 Å². The second-order valence-corrected chi connectivity index (χ2v) is 5.46. The minimum absolute atomic E-state index is 0.314. The number of hydrogen-bond donors (Lipinski definition) is 1. The van der Waals surface area contributed by atoms with Crippen LogP contribution in [0.2, 0.25) is 0 Å². The van der Waals surface area contributed by atoms with Crippen LogP contribution in [0.5, 0.6) is 0 Å². The van der Waals surface area contributed by atoms with Gasteiger partial charge in [-0.15, -0.1) is 0 Å². The van der Waals surface area contributed by atoms with Crippen molar-refractivity contribution in [3.8, 4) is 0 Å². The van der Waals surface area contributed by atoms with Gasteiger partial charge < -0.3 is 0 Å². The van der Waals surface area contributed by atoms with E-state index >= 15 is 0 Å². The minimum atomic E-state index is -3.35. The first-order valence-corrected chi connectivity index (χ1v) is 6.35. The van der Waals surface area contributed by atoms with E-state index in [1.807, 2.05) is 6.07 Å². The molecule has 0 spiro atoms. The largest absolute Gasteiger partial charge is 0.264 e. The second-order valence-electron chi connectivity index (χ2n) is 3.81. The third-order valence-electron chi connectivity index (χ3n) is 2.52. The second kappa shape index (κ2) is 2.82. The molecular formula is C10H10N2O2S. The monoisotopic (exact) mass is 222 g/mol. The van der Waals surface area contributed by atoms with Crippen LogP contribution in [0, 0.1) is 0 Å². The van der Waals surface area contributed by atoms with Gasteiger partial charge in [0.15, 0.2) is 0 Å². The van der Waals surface area contributed by atoms with Crippen LogP contribution in [0.4, 0.5) is 0 Å². The Bertz CT molecular complexity index is 544. The maximum Gasteiger partial charge on any atom is 0.263 e. The molecule has 78 valence electrons. The maximum absolute atomic E-state index is 11.7. The molecule has 1 aromatic rings. The molecule has 0 bridgehead atoms. The third-order valence-corrected chi connectivity index (χ3v) is 3.92. The Morgan fingerprint density at radius 2 is 2.00 bits per heavy atom. The van der Waals surface area contributed by atoms with Crippen molar-refractivity contribution in [3.05, 3.63) is 29.8 Å². The van der Waals surface area contributed by atoms with Crippen LogP contribution in [-0.2, 0) is 10.0 Å². The van der Waals surface area contributed by atoms with Crippen molar-refractivity contribution in [2.75, 3.05) is 0 Å². The summed E-state index contributed by atoms with van der Waals surface area (Å²) in [5.41, 5.74) is 0.699. The highest BCUT2D eigenvalue weighted by atomic mass is 32.2. The first-order valence-electron chi connectivity index (χ1n) is 4.87. The number of aliphatic imine (C=N–C) groups is 1. The van der Waals surface area contributed by atoms with Crippen molar-refractivity contribution in [2.24, 2.45) is 4.99 Å². The Morgan fingerprint density at radius 1 is 1.27 bits per heavy atom. The summed E-state index contributed by atoms with van der Waals surface area (Å²) in [7, 11) is -3.35. The molecule has 0 unspecified atom stereocenters. The molecule has 3 rings (SSSR count). The van der Waals surface area contributed by atoms with Gasteiger partial charge in [0.2, 0.25) is 0 Å². The molecule has 1 N–H and O–H groups in total. The fourth-order valence-electron chi connectivity index (χ4n) is 1.62. The molecular weight excluding hydrogens is 212 g/mol. The highest BCUT2D eigenvalue weighted by molar-refractivity contribution is 7.90. The van der Waals surface area contributed by atoms with E-state index in [4.69, 9.17) is 0 Å². The lowest BCUT2D eigenvalue weighted by atomic mass is 10.2. The highest BCUT2D eigenvalue weighted by Gasteiger charge is 2.32. The van der Waals surface area contributed by atoms with Crippen LogP contribution in [0.1, 0.15) is 18.4 Å². The van der Waals surface area contributed by atoms with E-state index in [0.29, 0.717) is 22.3 Å². The quantitative estimate of drug-likeness (QED) is 0.767. The van der Waals surface area contributed by atoms with Crippen molar-refractivity contribution in [3.63, 3.8) is 0 Å². The smallest absolute Gasteiger partial charge is 0.263 e. The SMILES string of the molecule is O=S1(=O)NC(=NC2CC2)c2ccccc21. The Kier molecular flexibility index (Phi) is 1.68. The van der Waals surface area contributed by atoms with E-state index in [0.717, 1.165) is 12.8 Å². The van der Waals surface area contributed by atoms with Crippen LogP contribution in [-0.4, -0.2) is 20.3 Å². The molecule has 1 fully saturated rings. The van der Waals surface area contributed by atoms with Gasteiger partial charge in [0.05, 0.1) is 10.9 Å². The summed E-state index contributed by atoms with van der Waals surface area (Å²) >= 11 is 0. The van der Waals surface area contributed by atoms with E-state index in [1.165, 1.54) is 0 Å². The topological polar surface area (TPSA) is 58.5 Å². The number of sulfonamides is 1. The summed E-state index contributed by atoms with van der Waals surface area (Å²) in [6, 6.07) is 7.25. The van der Waals surface area contributed by atoms with E-state index in [-0.39, 0.29) is 0 Å². The third kappa shape index (κ3) is 1.43. The van der Waals surface area contributed by atoms with Crippen molar-refractivity contribution >= 4 is 15.9 Å². The zero-order valence-corrected chi connectivity index (χ0v) is 8.79. The van der Waals surface area contributed by atoms with Gasteiger partial charge in [0, 0.05) is 5.56 Å². The molecule has 0 aromatic heterocycles. The van der Waals surface area contributed by atoms with Gasteiger partial charge in [0.1, 0.15) is 5.84 Å². The molecule has 1 aliphatic heterocycles. The van der Waals surface area contributed by atoms with Crippen LogP contribution in [0.25, 0.3) is 0 Å². The summed E-state index contributed by atoms with van der Waals surface area (Å²) in [6.07, 6.45) is 2.13. The molecule has 1 heterocycles. The lowest BCUT2D eigenvalue weighted by Crippen LogP contribution is -2.22. The number of benzene rings is 1. The summed E-state index contributed by atoms with van der Waals surface area (Å²) in [4.78, 5) is 4.69. The number of nitrogens with one attached hydrogen (secondary N) is 1. The zero-order valence-electron chi connectivity index (χ0n) is 7.97. The molecule has 1 saturated carbocycles. The van der Waals surface area contributed by atoms with E-state index in [1.54, 1.807) is 18.2 Å². The number of amidine groups is 1. The predicted octanol–water partition coefficient (Wildman–Crippen LogP) is 0.888. The van der Waals surface area contributed by atoms with Gasteiger partial charge in [-0.25, -0.2) is 8.42 Å². The van der Waals surface area contributed by atoms with Crippen LogP contribution < -0.4 is 4.72 Å². The van der Waals surface area contributed by atoms with Gasteiger partial charge in [-0.3, -0.25) is 9.71 Å². The number of nitrogens with zero attached hydrogens (tertiary/aromatic N) is 1. The molecule has 2 aliphatic rings. The van der Waals surface area contributed by atoms with Gasteiger partial charge >= 0.3 is 0 Å². The molecule has 5 heteroatoms. The molecule has 0 atom stereocenters. The number of rotatable bonds is 1. The molecule has 15 heavy (non-hydrogen) atoms. The summed E-state index contributed by atoms with van der Waals surface area (Å²) < 4.78 is 25.8. The summed E-state index contributed by atoms with van der Waals surface area (Å²) in [6.45, 7) is 0. The molecule has 1 aromatic carbocycles. The zero-order chi connectivity index (χ0) is 10.5. The summed E-state index contributed by atoms with van der Waals surface area (Å²) in [5, 5.41) is 0. The molecule has 1 aliphatic carbocycles. The fraction of sp³-hybridized carbons (Fsp3) is 0.300. The van der Waals surface area contributed by atoms with Crippen LogP contribution >= 0.6 is 0 Å². The predicted molar refractivity (Wildman–Crippen MR) is 56.3 cm³/mol. The summed E-state index contributed by atoms with van der Waals surface area (Å²) in [5.74, 6) is 0.508. The number of fused-ring (bicyclic) bond motifs is 1. The lowest BCUT2D eigenvalue weighted by molar-refractivity contribution is 0.595. The van der Waals surface area contributed by atoms with Crippen LogP contribution in [0.15, 0.2) is 34.2 Å². The average molecular weight is 222 g/mol. The van der Waals surface area contributed by atoms with Crippen molar-refractivity contribution in [1.29, 1.82) is 0 Å². The molecule has 4 nitrogen and oxygen atoms in total. The van der Waals surface area contributed by atoms with Gasteiger partial charge in [-0.1, -0.05) is 12.1 Å². The molecule has 0 saturated heterocycles. The molecule has 0 amide bonds. The standard InChI is InChI=1S/C10H10N2O2S/c13-15(14)9-4-2-1-3-8(9)10(12-15)11-7-5-6-7/h1-4,7H,5-6H2,(H,11,12). The minimum Gasteiger partial charge on any atom is -0.264 e. The Balaban J connectivity index is 2.17. The highest BCUT2D eigenvalue weighted by Crippen LogP contribution is 2.28. The first kappa shape index (κ1) is 8.91. The fourth-order valence-corrected chi connectivity index (χ4v) is 2.86. The first-order chi connectivity index (χ1) is 7.17. The Hall–Kier alpha value is -1.36. The normalized spacial score (nSPS) is 24.9. The molecule has 0 radical (unpaired) electrons. The average Bonchev–Trinajstić information content (AvgIpc) is 2.96.